The predicted molar refractivity (Wildman–Crippen MR) is 81.2 cm³/mol. The van der Waals surface area contributed by atoms with E-state index in [1.54, 1.807) is 30.2 Å². The van der Waals surface area contributed by atoms with E-state index in [9.17, 15) is 0 Å². The molecule has 0 atom stereocenters. The fraction of sp³-hybridized carbons (Fsp3) is 0.143. The summed E-state index contributed by atoms with van der Waals surface area (Å²) in [5.74, 6) is 0.855. The van der Waals surface area contributed by atoms with E-state index in [1.807, 2.05) is 36.7 Å². The molecule has 0 saturated carbocycles. The van der Waals surface area contributed by atoms with E-state index < -0.39 is 0 Å². The van der Waals surface area contributed by atoms with Crippen molar-refractivity contribution in [3.8, 4) is 16.5 Å². The third-order valence-electron chi connectivity index (χ3n) is 2.79. The monoisotopic (exact) mass is 288 g/mol. The Morgan fingerprint density at radius 3 is 2.79 bits per heavy atom. The van der Waals surface area contributed by atoms with Gasteiger partial charge in [0.05, 0.1) is 23.0 Å². The summed E-state index contributed by atoms with van der Waals surface area (Å²) in [5.41, 5.74) is 1.90. The lowest BCUT2D eigenvalue weighted by Crippen LogP contribution is -1.82. The lowest BCUT2D eigenvalue weighted by atomic mass is 10.3. The first-order valence-corrected chi connectivity index (χ1v) is 7.79. The van der Waals surface area contributed by atoms with Crippen molar-refractivity contribution in [2.24, 2.45) is 0 Å². The molecule has 3 rings (SSSR count). The number of fused-ring (bicyclic) bond motifs is 1. The number of nitrogens with zero attached hydrogens (tertiary/aromatic N) is 2. The molecule has 0 spiro atoms. The van der Waals surface area contributed by atoms with E-state index in [2.05, 4.69) is 16.0 Å². The van der Waals surface area contributed by atoms with Gasteiger partial charge in [-0.15, -0.1) is 23.1 Å². The Morgan fingerprint density at radius 2 is 2.11 bits per heavy atom. The summed E-state index contributed by atoms with van der Waals surface area (Å²) in [7, 11) is 1.67. The first-order chi connectivity index (χ1) is 9.30. The molecular weight excluding hydrogens is 276 g/mol. The van der Waals surface area contributed by atoms with Crippen LogP contribution in [0.4, 0.5) is 0 Å². The second kappa shape index (κ2) is 5.19. The number of aromatic nitrogens is 2. The van der Waals surface area contributed by atoms with E-state index in [0.717, 1.165) is 31.6 Å². The smallest absolute Gasteiger partial charge is 0.143 e. The van der Waals surface area contributed by atoms with Gasteiger partial charge in [0.2, 0.25) is 0 Å². The van der Waals surface area contributed by atoms with Crippen molar-refractivity contribution >= 4 is 33.3 Å². The summed E-state index contributed by atoms with van der Waals surface area (Å²) in [6.45, 7) is 0. The maximum absolute atomic E-state index is 5.23. The zero-order chi connectivity index (χ0) is 13.2. The van der Waals surface area contributed by atoms with Crippen LogP contribution in [0.15, 0.2) is 41.4 Å². The van der Waals surface area contributed by atoms with Gasteiger partial charge in [0.1, 0.15) is 10.8 Å². The maximum Gasteiger partial charge on any atom is 0.143 e. The van der Waals surface area contributed by atoms with Crippen molar-refractivity contribution < 1.29 is 4.74 Å². The molecule has 0 aliphatic heterocycles. The van der Waals surface area contributed by atoms with E-state index in [-0.39, 0.29) is 0 Å². The van der Waals surface area contributed by atoms with Gasteiger partial charge in [-0.25, -0.2) is 4.98 Å². The van der Waals surface area contributed by atoms with Crippen LogP contribution in [0.2, 0.25) is 0 Å². The van der Waals surface area contributed by atoms with Crippen molar-refractivity contribution in [2.45, 2.75) is 4.90 Å². The Hall–Kier alpha value is -1.59. The number of thiazole rings is 1. The Labute approximate surface area is 119 Å². The molecule has 0 aliphatic carbocycles. The number of hydrogen-bond donors (Lipinski definition) is 0. The molecule has 1 aromatic carbocycles. The lowest BCUT2D eigenvalue weighted by molar-refractivity contribution is 0.415. The highest BCUT2D eigenvalue weighted by molar-refractivity contribution is 7.98. The van der Waals surface area contributed by atoms with Crippen molar-refractivity contribution in [3.05, 3.63) is 36.5 Å². The van der Waals surface area contributed by atoms with Gasteiger partial charge in [0.25, 0.3) is 0 Å². The van der Waals surface area contributed by atoms with Crippen molar-refractivity contribution in [1.82, 2.24) is 9.97 Å². The summed E-state index contributed by atoms with van der Waals surface area (Å²) < 4.78 is 6.34. The second-order valence-corrected chi connectivity index (χ2v) is 5.85. The van der Waals surface area contributed by atoms with E-state index in [4.69, 9.17) is 4.74 Å². The minimum Gasteiger partial charge on any atom is -0.497 e. The fourth-order valence-electron chi connectivity index (χ4n) is 1.77. The molecule has 3 nitrogen and oxygen atoms in total. The molecule has 0 amide bonds. The van der Waals surface area contributed by atoms with Gasteiger partial charge in [-0.2, -0.15) is 0 Å². The van der Waals surface area contributed by atoms with E-state index in [0.29, 0.717) is 0 Å². The van der Waals surface area contributed by atoms with Gasteiger partial charge in [-0.3, -0.25) is 4.98 Å². The van der Waals surface area contributed by atoms with Crippen LogP contribution < -0.4 is 4.74 Å². The Morgan fingerprint density at radius 1 is 1.21 bits per heavy atom. The quantitative estimate of drug-likeness (QED) is 0.680. The van der Waals surface area contributed by atoms with E-state index in [1.165, 1.54) is 0 Å². The third kappa shape index (κ3) is 2.43. The number of methoxy groups -OCH3 is 1. The summed E-state index contributed by atoms with van der Waals surface area (Å²) in [4.78, 5) is 10.2. The SMILES string of the molecule is COc1ccc2nc(-c3ccc(SC)cn3)sc2c1. The number of thioether (sulfide) groups is 1. The zero-order valence-corrected chi connectivity index (χ0v) is 12.2. The van der Waals surface area contributed by atoms with Crippen molar-refractivity contribution in [2.75, 3.05) is 13.4 Å². The average molecular weight is 288 g/mol. The molecule has 2 heterocycles. The summed E-state index contributed by atoms with van der Waals surface area (Å²) >= 11 is 3.32. The van der Waals surface area contributed by atoms with Crippen LogP contribution >= 0.6 is 23.1 Å². The largest absolute Gasteiger partial charge is 0.497 e. The number of ether oxygens (including phenoxy) is 1. The third-order valence-corrected chi connectivity index (χ3v) is 4.54. The summed E-state index contributed by atoms with van der Waals surface area (Å²) in [6, 6.07) is 9.99. The topological polar surface area (TPSA) is 35.0 Å². The maximum atomic E-state index is 5.23. The molecule has 0 bridgehead atoms. The highest BCUT2D eigenvalue weighted by Gasteiger charge is 2.08. The molecule has 2 aromatic heterocycles. The minimum absolute atomic E-state index is 0.855. The van der Waals surface area contributed by atoms with Crippen LogP contribution in [-0.2, 0) is 0 Å². The Balaban J connectivity index is 2.04. The van der Waals surface area contributed by atoms with E-state index >= 15 is 0 Å². The van der Waals surface area contributed by atoms with Crippen LogP contribution in [0.1, 0.15) is 0 Å². The van der Waals surface area contributed by atoms with Gasteiger partial charge >= 0.3 is 0 Å². The molecule has 0 fully saturated rings. The van der Waals surface area contributed by atoms with Crippen LogP contribution in [0, 0.1) is 0 Å². The van der Waals surface area contributed by atoms with Crippen molar-refractivity contribution in [1.29, 1.82) is 0 Å². The first kappa shape index (κ1) is 12.4. The van der Waals surface area contributed by atoms with Crippen LogP contribution in [-0.4, -0.2) is 23.3 Å². The van der Waals surface area contributed by atoms with Crippen LogP contribution in [0.5, 0.6) is 5.75 Å². The first-order valence-electron chi connectivity index (χ1n) is 5.75. The van der Waals surface area contributed by atoms with Gasteiger partial charge in [0, 0.05) is 11.1 Å². The molecule has 0 saturated heterocycles. The number of rotatable bonds is 3. The summed E-state index contributed by atoms with van der Waals surface area (Å²) in [6.07, 6.45) is 3.92. The average Bonchev–Trinajstić information content (AvgIpc) is 2.90. The number of benzene rings is 1. The van der Waals surface area contributed by atoms with Gasteiger partial charge in [0.15, 0.2) is 0 Å². The molecule has 0 aliphatic rings. The normalized spacial score (nSPS) is 10.8. The van der Waals surface area contributed by atoms with Crippen LogP contribution in [0.3, 0.4) is 0 Å². The molecule has 0 N–H and O–H groups in total. The van der Waals surface area contributed by atoms with Gasteiger partial charge in [-0.1, -0.05) is 0 Å². The predicted octanol–water partition coefficient (Wildman–Crippen LogP) is 4.09. The summed E-state index contributed by atoms with van der Waals surface area (Å²) in [5, 5.41) is 0.941. The number of hydrogen-bond acceptors (Lipinski definition) is 5. The highest BCUT2D eigenvalue weighted by atomic mass is 32.2. The molecular formula is C14H12N2OS2. The highest BCUT2D eigenvalue weighted by Crippen LogP contribution is 2.31. The fourth-order valence-corrected chi connectivity index (χ4v) is 3.10. The lowest BCUT2D eigenvalue weighted by Gasteiger charge is -1.96. The minimum atomic E-state index is 0.855. The number of pyridine rings is 1. The molecule has 0 unspecified atom stereocenters. The Bertz CT molecular complexity index is 707. The zero-order valence-electron chi connectivity index (χ0n) is 10.6. The second-order valence-electron chi connectivity index (χ2n) is 3.94. The standard InChI is InChI=1S/C14H12N2OS2/c1-17-9-3-5-11-13(7-9)19-14(16-11)12-6-4-10(18-2)8-15-12/h3-8H,1-2H3. The van der Waals surface area contributed by atoms with Gasteiger partial charge in [-0.05, 0) is 36.6 Å². The van der Waals surface area contributed by atoms with Gasteiger partial charge < -0.3 is 4.74 Å². The molecule has 5 heteroatoms. The Kier molecular flexibility index (Phi) is 3.40. The molecule has 3 aromatic rings. The molecule has 0 radical (unpaired) electrons. The molecule has 19 heavy (non-hydrogen) atoms. The van der Waals surface area contributed by atoms with Crippen LogP contribution in [0.25, 0.3) is 20.9 Å². The van der Waals surface area contributed by atoms with Crippen molar-refractivity contribution in [3.63, 3.8) is 0 Å². The molecule has 96 valence electrons.